The number of piperidine rings is 1. The molecule has 1 saturated carbocycles. The molecule has 2 heterocycles. The summed E-state index contributed by atoms with van der Waals surface area (Å²) in [5, 5.41) is 10.3. The Morgan fingerprint density at radius 2 is 2.06 bits per heavy atom. The van der Waals surface area contributed by atoms with Crippen LogP contribution in [0.25, 0.3) is 5.57 Å². The van der Waals surface area contributed by atoms with Gasteiger partial charge in [0.2, 0.25) is 0 Å². The average Bonchev–Trinajstić information content (AvgIpc) is 2.78. The van der Waals surface area contributed by atoms with Crippen LogP contribution in [0.5, 0.6) is 5.75 Å². The molecule has 3 atom stereocenters. The molecular weight excluding hydrogens is 416 g/mol. The van der Waals surface area contributed by atoms with Crippen molar-refractivity contribution in [1.82, 2.24) is 10.3 Å². The second kappa shape index (κ2) is 10.2. The van der Waals surface area contributed by atoms with Gasteiger partial charge in [-0.3, -0.25) is 9.91 Å². The SMILES string of the molecule is C=C(/C=N\N(C)[C@H]1CCN[C@@H](C)C1)c1ccc2c(c1OC1CCC1)CC[C@H](C)N2C(=O)OC. The molecule has 0 aromatic heterocycles. The maximum atomic E-state index is 12.5. The minimum atomic E-state index is -0.330. The van der Waals surface area contributed by atoms with E-state index in [-0.39, 0.29) is 18.2 Å². The minimum Gasteiger partial charge on any atom is -0.489 e. The normalized spacial score (nSPS) is 25.3. The van der Waals surface area contributed by atoms with Gasteiger partial charge < -0.3 is 14.8 Å². The van der Waals surface area contributed by atoms with E-state index >= 15 is 0 Å². The fourth-order valence-corrected chi connectivity index (χ4v) is 4.99. The number of amides is 1. The van der Waals surface area contributed by atoms with E-state index in [1.807, 2.05) is 25.4 Å². The smallest absolute Gasteiger partial charge is 0.414 e. The molecular formula is C26H38N4O3. The fraction of sp³-hybridized carbons (Fsp3) is 0.615. The lowest BCUT2D eigenvalue weighted by Crippen LogP contribution is -2.43. The Morgan fingerprint density at radius 3 is 2.73 bits per heavy atom. The molecule has 1 aromatic rings. The Kier molecular flexibility index (Phi) is 7.27. The molecule has 2 fully saturated rings. The van der Waals surface area contributed by atoms with Gasteiger partial charge in [0.25, 0.3) is 0 Å². The number of hydrogen-bond acceptors (Lipinski definition) is 6. The number of hydrazone groups is 1. The highest BCUT2D eigenvalue weighted by atomic mass is 16.5. The van der Waals surface area contributed by atoms with Gasteiger partial charge in [-0.15, -0.1) is 0 Å². The largest absolute Gasteiger partial charge is 0.489 e. The van der Waals surface area contributed by atoms with E-state index in [2.05, 4.69) is 30.8 Å². The third-order valence-corrected chi connectivity index (χ3v) is 7.32. The Hall–Kier alpha value is -2.54. The summed E-state index contributed by atoms with van der Waals surface area (Å²) in [6.07, 6.45) is 8.97. The van der Waals surface area contributed by atoms with Crippen LogP contribution in [0.3, 0.4) is 0 Å². The molecule has 1 saturated heterocycles. The van der Waals surface area contributed by atoms with E-state index in [1.165, 1.54) is 13.5 Å². The van der Waals surface area contributed by atoms with Gasteiger partial charge in [0, 0.05) is 36.3 Å². The Balaban J connectivity index is 1.62. The first-order valence-corrected chi connectivity index (χ1v) is 12.3. The van der Waals surface area contributed by atoms with Crippen molar-refractivity contribution < 1.29 is 14.3 Å². The summed E-state index contributed by atoms with van der Waals surface area (Å²) in [4.78, 5) is 14.3. The average molecular weight is 455 g/mol. The number of fused-ring (bicyclic) bond motifs is 1. The number of carbonyl (C=O) groups is 1. The van der Waals surface area contributed by atoms with E-state index in [0.717, 1.165) is 73.2 Å². The quantitative estimate of drug-likeness (QED) is 0.503. The molecule has 7 nitrogen and oxygen atoms in total. The van der Waals surface area contributed by atoms with E-state index in [0.29, 0.717) is 12.1 Å². The summed E-state index contributed by atoms with van der Waals surface area (Å²) in [5.41, 5.74) is 3.72. The lowest BCUT2D eigenvalue weighted by Gasteiger charge is -2.37. The zero-order valence-electron chi connectivity index (χ0n) is 20.5. The molecule has 4 rings (SSSR count). The lowest BCUT2D eigenvalue weighted by atomic mass is 9.91. The molecule has 0 spiro atoms. The van der Waals surface area contributed by atoms with E-state index in [9.17, 15) is 4.79 Å². The van der Waals surface area contributed by atoms with Crippen LogP contribution in [-0.4, -0.2) is 62.2 Å². The van der Waals surface area contributed by atoms with E-state index in [1.54, 1.807) is 4.90 Å². The summed E-state index contributed by atoms with van der Waals surface area (Å²) in [5.74, 6) is 0.854. The summed E-state index contributed by atoms with van der Waals surface area (Å²) in [6.45, 7) is 9.63. The van der Waals surface area contributed by atoms with Crippen molar-refractivity contribution in [2.75, 3.05) is 25.6 Å². The highest BCUT2D eigenvalue weighted by Crippen LogP contribution is 2.42. The van der Waals surface area contributed by atoms with Crippen LogP contribution < -0.4 is 15.0 Å². The van der Waals surface area contributed by atoms with Crippen molar-refractivity contribution in [3.63, 3.8) is 0 Å². The topological polar surface area (TPSA) is 66.4 Å². The van der Waals surface area contributed by atoms with Crippen LogP contribution in [0.15, 0.2) is 23.8 Å². The monoisotopic (exact) mass is 454 g/mol. The molecule has 3 aliphatic rings. The van der Waals surface area contributed by atoms with Gasteiger partial charge >= 0.3 is 6.09 Å². The first-order valence-electron chi connectivity index (χ1n) is 12.3. The van der Waals surface area contributed by atoms with Crippen LogP contribution in [0.1, 0.15) is 63.5 Å². The predicted octanol–water partition coefficient (Wildman–Crippen LogP) is 4.60. The molecule has 2 aliphatic heterocycles. The number of nitrogens with one attached hydrogen (secondary N) is 1. The zero-order chi connectivity index (χ0) is 23.5. The number of hydrogen-bond donors (Lipinski definition) is 1. The highest BCUT2D eigenvalue weighted by Gasteiger charge is 2.33. The van der Waals surface area contributed by atoms with Gasteiger partial charge in [-0.1, -0.05) is 6.58 Å². The number of carbonyl (C=O) groups excluding carboxylic acids is 1. The van der Waals surface area contributed by atoms with Gasteiger partial charge in [-0.05, 0) is 83.0 Å². The first-order chi connectivity index (χ1) is 15.9. The Labute approximate surface area is 197 Å². The second-order valence-corrected chi connectivity index (χ2v) is 9.72. The van der Waals surface area contributed by atoms with Gasteiger partial charge in [-0.25, -0.2) is 4.79 Å². The predicted molar refractivity (Wildman–Crippen MR) is 133 cm³/mol. The molecule has 1 amide bonds. The number of nitrogens with zero attached hydrogens (tertiary/aromatic N) is 3. The Bertz CT molecular complexity index is 911. The molecule has 7 heteroatoms. The van der Waals surface area contributed by atoms with Crippen molar-refractivity contribution in [3.05, 3.63) is 29.8 Å². The van der Waals surface area contributed by atoms with Crippen LogP contribution in [0.4, 0.5) is 10.5 Å². The van der Waals surface area contributed by atoms with Crippen molar-refractivity contribution in [2.24, 2.45) is 5.10 Å². The van der Waals surface area contributed by atoms with E-state index in [4.69, 9.17) is 14.6 Å². The molecule has 1 aromatic carbocycles. The summed E-state index contributed by atoms with van der Waals surface area (Å²) < 4.78 is 11.6. The molecule has 180 valence electrons. The first kappa shape index (κ1) is 23.6. The molecule has 0 unspecified atom stereocenters. The van der Waals surface area contributed by atoms with Crippen LogP contribution in [0.2, 0.25) is 0 Å². The van der Waals surface area contributed by atoms with Gasteiger partial charge in [0.05, 0.1) is 25.1 Å². The standard InChI is InChI=1S/C26H38N4O3/c1-17(16-28-29(4)20-13-14-27-18(2)15-20)22-11-12-24-23(25(22)33-21-7-6-8-21)10-9-19(3)30(24)26(31)32-5/h11-12,16,18-21,27H,1,6-10,13-15H2,2-5H3/b28-16-/t18-,19-,20-/m0/s1. The summed E-state index contributed by atoms with van der Waals surface area (Å²) in [7, 11) is 3.47. The number of ether oxygens (including phenoxy) is 2. The zero-order valence-corrected chi connectivity index (χ0v) is 20.5. The number of rotatable bonds is 6. The highest BCUT2D eigenvalue weighted by molar-refractivity contribution is 6.10. The van der Waals surface area contributed by atoms with Crippen molar-refractivity contribution in [1.29, 1.82) is 0 Å². The van der Waals surface area contributed by atoms with Crippen LogP contribution in [-0.2, 0) is 11.2 Å². The number of anilines is 1. The van der Waals surface area contributed by atoms with Crippen molar-refractivity contribution >= 4 is 23.6 Å². The maximum absolute atomic E-state index is 12.5. The number of benzene rings is 1. The number of allylic oxidation sites excluding steroid dienone is 1. The molecule has 1 aliphatic carbocycles. The summed E-state index contributed by atoms with van der Waals surface area (Å²) in [6, 6.07) is 5.03. The van der Waals surface area contributed by atoms with Gasteiger partial charge in [-0.2, -0.15) is 5.10 Å². The minimum absolute atomic E-state index is 0.0816. The maximum Gasteiger partial charge on any atom is 0.414 e. The van der Waals surface area contributed by atoms with Crippen molar-refractivity contribution in [2.45, 2.75) is 83.0 Å². The second-order valence-electron chi connectivity index (χ2n) is 9.72. The van der Waals surface area contributed by atoms with Crippen LogP contribution in [0, 0.1) is 0 Å². The lowest BCUT2D eigenvalue weighted by molar-refractivity contribution is 0.118. The summed E-state index contributed by atoms with van der Waals surface area (Å²) >= 11 is 0. The van der Waals surface area contributed by atoms with Gasteiger partial charge in [0.15, 0.2) is 0 Å². The third-order valence-electron chi connectivity index (χ3n) is 7.32. The Morgan fingerprint density at radius 1 is 1.27 bits per heavy atom. The number of methoxy groups -OCH3 is 1. The van der Waals surface area contributed by atoms with Crippen molar-refractivity contribution in [3.8, 4) is 5.75 Å². The molecule has 0 bridgehead atoms. The van der Waals surface area contributed by atoms with E-state index < -0.39 is 0 Å². The molecule has 0 radical (unpaired) electrons. The third kappa shape index (κ3) is 5.03. The molecule has 33 heavy (non-hydrogen) atoms. The van der Waals surface area contributed by atoms with Gasteiger partial charge in [0.1, 0.15) is 5.75 Å². The van der Waals surface area contributed by atoms with Crippen LogP contribution >= 0.6 is 0 Å². The molecule has 1 N–H and O–H groups in total. The fourth-order valence-electron chi connectivity index (χ4n) is 4.99.